The molecule has 12 N–H and O–H groups in total. The van der Waals surface area contributed by atoms with Crippen molar-refractivity contribution in [1.29, 1.82) is 0 Å². The number of carbonyl (C=O) groups is 1. The molecule has 1 amide bonds. The zero-order chi connectivity index (χ0) is 56.2. The molecule has 3 fully saturated rings. The Morgan fingerprint density at radius 3 is 1.43 bits per heavy atom. The van der Waals surface area contributed by atoms with Crippen LogP contribution < -0.4 is 5.32 Å². The Kier molecular flexibility index (Phi) is 37.0. The number of hydrogen-bond acceptors (Lipinski definition) is 18. The summed E-state index contributed by atoms with van der Waals surface area (Å²) in [7, 11) is 0. The number of carbonyl (C=O) groups excluding carboxylic acids is 1. The molecule has 0 aromatic rings. The van der Waals surface area contributed by atoms with E-state index in [1.807, 2.05) is 0 Å². The van der Waals surface area contributed by atoms with Gasteiger partial charge in [0.15, 0.2) is 18.9 Å². The van der Waals surface area contributed by atoms with Crippen molar-refractivity contribution in [2.45, 2.75) is 272 Å². The zero-order valence-electron chi connectivity index (χ0n) is 46.2. The van der Waals surface area contributed by atoms with Gasteiger partial charge in [-0.25, -0.2) is 0 Å². The van der Waals surface area contributed by atoms with Gasteiger partial charge >= 0.3 is 0 Å². The van der Waals surface area contributed by atoms with Crippen molar-refractivity contribution in [2.24, 2.45) is 0 Å². The second-order valence-corrected chi connectivity index (χ2v) is 20.7. The minimum absolute atomic E-state index is 0.227. The van der Waals surface area contributed by atoms with Crippen LogP contribution in [0.25, 0.3) is 0 Å². The first-order valence-electron chi connectivity index (χ1n) is 29.0. The largest absolute Gasteiger partial charge is 0.394 e. The summed E-state index contributed by atoms with van der Waals surface area (Å²) in [6.45, 7) is 1.54. The van der Waals surface area contributed by atoms with Gasteiger partial charge in [-0.1, -0.05) is 158 Å². The predicted octanol–water partition coefficient (Wildman–Crippen LogP) is 4.48. The number of ether oxygens (including phenoxy) is 6. The molecule has 17 atom stereocenters. The van der Waals surface area contributed by atoms with Crippen LogP contribution in [0.2, 0.25) is 0 Å². The van der Waals surface area contributed by atoms with E-state index in [2.05, 4.69) is 67.8 Å². The maximum atomic E-state index is 13.2. The molecule has 0 aliphatic carbocycles. The van der Waals surface area contributed by atoms with E-state index in [1.54, 1.807) is 12.2 Å². The van der Waals surface area contributed by atoms with E-state index < -0.39 is 124 Å². The summed E-state index contributed by atoms with van der Waals surface area (Å²) < 4.78 is 34.1. The molecule has 3 aliphatic heterocycles. The highest BCUT2D eigenvalue weighted by Gasteiger charge is 2.53. The van der Waals surface area contributed by atoms with Gasteiger partial charge in [0.25, 0.3) is 0 Å². The maximum Gasteiger partial charge on any atom is 0.220 e. The fourth-order valence-electron chi connectivity index (χ4n) is 9.45. The van der Waals surface area contributed by atoms with E-state index in [0.717, 1.165) is 64.2 Å². The van der Waals surface area contributed by atoms with Gasteiger partial charge in [-0.2, -0.15) is 0 Å². The molecule has 3 heterocycles. The number of hydrogen-bond donors (Lipinski definition) is 12. The quantitative estimate of drug-likeness (QED) is 0.0297. The molecule has 3 aliphatic rings. The van der Waals surface area contributed by atoms with Crippen LogP contribution in [0.15, 0.2) is 60.8 Å². The molecular weight excluding hydrogens is 999 g/mol. The number of amides is 1. The van der Waals surface area contributed by atoms with E-state index in [1.165, 1.54) is 70.6 Å². The van der Waals surface area contributed by atoms with Crippen LogP contribution in [0.4, 0.5) is 0 Å². The normalized spacial score (nSPS) is 31.2. The van der Waals surface area contributed by atoms with Crippen LogP contribution in [0.5, 0.6) is 0 Å². The molecule has 0 radical (unpaired) electrons. The van der Waals surface area contributed by atoms with Gasteiger partial charge in [-0.3, -0.25) is 4.79 Å². The summed E-state index contributed by atoms with van der Waals surface area (Å²) in [5.74, 6) is -0.298. The first-order valence-corrected chi connectivity index (χ1v) is 29.0. The van der Waals surface area contributed by atoms with Gasteiger partial charge in [0, 0.05) is 6.42 Å². The van der Waals surface area contributed by atoms with E-state index in [-0.39, 0.29) is 18.9 Å². The van der Waals surface area contributed by atoms with Crippen molar-refractivity contribution >= 4 is 5.91 Å². The number of allylic oxidation sites excluding steroid dienone is 9. The van der Waals surface area contributed by atoms with Gasteiger partial charge < -0.3 is 89.9 Å². The van der Waals surface area contributed by atoms with E-state index in [0.29, 0.717) is 12.8 Å². The van der Waals surface area contributed by atoms with Gasteiger partial charge in [0.1, 0.15) is 73.2 Å². The van der Waals surface area contributed by atoms with Gasteiger partial charge in [0.05, 0.1) is 38.6 Å². The van der Waals surface area contributed by atoms with Crippen molar-refractivity contribution < 1.29 is 89.4 Å². The van der Waals surface area contributed by atoms with Crippen LogP contribution in [-0.4, -0.2) is 193 Å². The van der Waals surface area contributed by atoms with Crippen LogP contribution in [0, 0.1) is 0 Å². The van der Waals surface area contributed by atoms with Crippen LogP contribution in [0.3, 0.4) is 0 Å². The molecule has 0 spiro atoms. The third kappa shape index (κ3) is 25.9. The number of aliphatic hydroxyl groups excluding tert-OH is 11. The zero-order valence-corrected chi connectivity index (χ0v) is 46.2. The Balaban J connectivity index is 1.42. The highest BCUT2D eigenvalue weighted by atomic mass is 16.8. The fraction of sp³-hybridized carbons (Fsp3) is 0.810. The first kappa shape index (κ1) is 68.8. The third-order valence-electron chi connectivity index (χ3n) is 14.3. The van der Waals surface area contributed by atoms with E-state index in [4.69, 9.17) is 28.4 Å². The van der Waals surface area contributed by atoms with Gasteiger partial charge in [-0.15, -0.1) is 0 Å². The highest BCUT2D eigenvalue weighted by Crippen LogP contribution is 2.33. The molecule has 19 nitrogen and oxygen atoms in total. The summed E-state index contributed by atoms with van der Waals surface area (Å²) in [5.41, 5.74) is 0. The monoisotopic (exact) mass is 1100 g/mol. The van der Waals surface area contributed by atoms with Crippen molar-refractivity contribution in [1.82, 2.24) is 5.32 Å². The molecule has 17 unspecified atom stereocenters. The fourth-order valence-corrected chi connectivity index (χ4v) is 9.45. The smallest absolute Gasteiger partial charge is 0.220 e. The van der Waals surface area contributed by atoms with Crippen molar-refractivity contribution in [3.8, 4) is 0 Å². The molecular formula is C58H101NO18. The molecule has 3 saturated heterocycles. The Bertz CT molecular complexity index is 1650. The first-order chi connectivity index (χ1) is 37.3. The lowest BCUT2D eigenvalue weighted by atomic mass is 9.96. The van der Waals surface area contributed by atoms with Gasteiger partial charge in [-0.05, 0) is 64.2 Å². The lowest BCUT2D eigenvalue weighted by molar-refractivity contribution is -0.379. The maximum absolute atomic E-state index is 13.2. The summed E-state index contributed by atoms with van der Waals surface area (Å²) >= 11 is 0. The van der Waals surface area contributed by atoms with Crippen LogP contribution in [-0.2, 0) is 33.2 Å². The summed E-state index contributed by atoms with van der Waals surface area (Å²) in [4.78, 5) is 13.2. The van der Waals surface area contributed by atoms with Gasteiger partial charge in [0.2, 0.25) is 5.91 Å². The third-order valence-corrected chi connectivity index (χ3v) is 14.3. The highest BCUT2D eigenvalue weighted by molar-refractivity contribution is 5.76. The molecule has 77 heavy (non-hydrogen) atoms. The molecule has 0 aromatic heterocycles. The average molecular weight is 1100 g/mol. The molecule has 446 valence electrons. The molecule has 3 rings (SSSR count). The Morgan fingerprint density at radius 1 is 0.468 bits per heavy atom. The lowest BCUT2D eigenvalue weighted by Crippen LogP contribution is -2.66. The topological polar surface area (TPSA) is 307 Å². The summed E-state index contributed by atoms with van der Waals surface area (Å²) in [6.07, 6.45) is 19.8. The SMILES string of the molecule is CCC/C=C/CC/C=C/C(O)C(COC1OC(CO)C(OC2OC(CO)C(OC3OC(CO)C(O)C(O)C3O)C(O)C2O)C(O)C1O)NC(=O)CCCCCCCCCCCC/C=C\C/C=C\C/C=C\CCCCCCC. The Labute approximate surface area is 458 Å². The van der Waals surface area contributed by atoms with E-state index in [9.17, 15) is 61.0 Å². The minimum atomic E-state index is -1.98. The second-order valence-electron chi connectivity index (χ2n) is 20.7. The molecule has 19 heteroatoms. The number of unbranched alkanes of at least 4 members (excludes halogenated alkanes) is 17. The lowest BCUT2D eigenvalue weighted by Gasteiger charge is -2.48. The van der Waals surface area contributed by atoms with E-state index >= 15 is 0 Å². The van der Waals surface area contributed by atoms with Crippen LogP contribution >= 0.6 is 0 Å². The summed E-state index contributed by atoms with van der Waals surface area (Å²) in [6, 6.07) is -0.991. The number of rotatable bonds is 41. The molecule has 0 bridgehead atoms. The predicted molar refractivity (Wildman–Crippen MR) is 291 cm³/mol. The van der Waals surface area contributed by atoms with Crippen molar-refractivity contribution in [2.75, 3.05) is 26.4 Å². The number of nitrogens with one attached hydrogen (secondary N) is 1. The number of aliphatic hydroxyl groups is 11. The second kappa shape index (κ2) is 41.5. The Morgan fingerprint density at radius 2 is 0.896 bits per heavy atom. The van der Waals surface area contributed by atoms with Crippen LogP contribution in [0.1, 0.15) is 168 Å². The Hall–Kier alpha value is -2.51. The summed E-state index contributed by atoms with van der Waals surface area (Å²) in [5, 5.41) is 120. The standard InChI is InChI=1S/C58H101NO18/c1-3-5-7-9-11-12-13-14-15-16-17-18-19-20-21-22-23-24-25-26-27-28-30-32-34-36-46(64)59-41(42(63)35-33-31-29-10-8-6-4-2)40-72-56-52(70)49(67)54(44(38-61)74-56)77-58-53(71)50(68)55(45(39-62)75-58)76-57-51(69)48(66)47(65)43(37-60)73-57/h8,10,13-14,16-17,19-20,33,35,41-45,47-58,60-63,65-71H,3-7,9,11-12,15,18,21-32,34,36-40H2,1-2H3,(H,59,64)/b10-8+,14-13-,17-16-,20-19-,35-33+. The van der Waals surface area contributed by atoms with Crippen molar-refractivity contribution in [3.63, 3.8) is 0 Å². The van der Waals surface area contributed by atoms with Crippen molar-refractivity contribution in [3.05, 3.63) is 60.8 Å². The molecule has 0 saturated carbocycles. The minimum Gasteiger partial charge on any atom is -0.394 e. The molecule has 0 aromatic carbocycles. The average Bonchev–Trinajstić information content (AvgIpc) is 3.43.